The maximum atomic E-state index is 10.4. The highest BCUT2D eigenvalue weighted by atomic mass is 32.1. The Bertz CT molecular complexity index is 479. The molecule has 0 atom stereocenters. The second-order valence-electron chi connectivity index (χ2n) is 3.21. The minimum absolute atomic E-state index is 0.400. The summed E-state index contributed by atoms with van der Waals surface area (Å²) in [6.45, 7) is 2.38. The summed E-state index contributed by atoms with van der Waals surface area (Å²) >= 11 is 1.56. The number of rotatable bonds is 4. The van der Waals surface area contributed by atoms with E-state index in [9.17, 15) is 4.79 Å². The van der Waals surface area contributed by atoms with E-state index in [-0.39, 0.29) is 0 Å². The Balaban J connectivity index is 1.96. The van der Waals surface area contributed by atoms with E-state index >= 15 is 0 Å². The van der Waals surface area contributed by atoms with Gasteiger partial charge in [-0.1, -0.05) is 0 Å². The molecule has 0 aliphatic heterocycles. The average molecular weight is 234 g/mol. The lowest BCUT2D eigenvalue weighted by molar-refractivity contribution is 0.111. The molecule has 0 fully saturated rings. The van der Waals surface area contributed by atoms with Crippen LogP contribution in [0.25, 0.3) is 0 Å². The Morgan fingerprint density at radius 1 is 1.50 bits per heavy atom. The summed E-state index contributed by atoms with van der Waals surface area (Å²) in [5.41, 5.74) is 1.40. The standard InChI is InChI=1S/C11H10N2O2S/c1-8-7-16-11(13-8)6-15-10-3-2-9(5-14)12-4-10/h2-5,7H,6H2,1H3. The number of nitrogens with zero attached hydrogens (tertiary/aromatic N) is 2. The molecule has 82 valence electrons. The Morgan fingerprint density at radius 2 is 2.38 bits per heavy atom. The van der Waals surface area contributed by atoms with Crippen molar-refractivity contribution >= 4 is 17.6 Å². The molecule has 4 nitrogen and oxygen atoms in total. The zero-order chi connectivity index (χ0) is 11.4. The van der Waals surface area contributed by atoms with Gasteiger partial charge in [0.05, 0.1) is 6.20 Å². The molecule has 2 aromatic heterocycles. The van der Waals surface area contributed by atoms with Crippen molar-refractivity contribution in [3.05, 3.63) is 40.1 Å². The van der Waals surface area contributed by atoms with E-state index in [2.05, 4.69) is 9.97 Å². The fraction of sp³-hybridized carbons (Fsp3) is 0.182. The minimum Gasteiger partial charge on any atom is -0.485 e. The lowest BCUT2D eigenvalue weighted by Gasteiger charge is -2.02. The predicted octanol–water partition coefficient (Wildman–Crippen LogP) is 2.24. The fourth-order valence-electron chi connectivity index (χ4n) is 1.16. The number of pyridine rings is 1. The number of carbonyl (C=O) groups is 1. The highest BCUT2D eigenvalue weighted by Gasteiger charge is 2.00. The zero-order valence-corrected chi connectivity index (χ0v) is 9.53. The molecule has 5 heteroatoms. The Kier molecular flexibility index (Phi) is 3.26. The Labute approximate surface area is 96.9 Å². The number of hydrogen-bond donors (Lipinski definition) is 0. The van der Waals surface area contributed by atoms with Gasteiger partial charge in [-0.25, -0.2) is 9.97 Å². The van der Waals surface area contributed by atoms with Crippen LogP contribution < -0.4 is 4.74 Å². The van der Waals surface area contributed by atoms with Crippen LogP contribution in [0.3, 0.4) is 0 Å². The molecule has 0 saturated heterocycles. The second-order valence-corrected chi connectivity index (χ2v) is 4.15. The van der Waals surface area contributed by atoms with Crippen LogP contribution in [0.15, 0.2) is 23.7 Å². The van der Waals surface area contributed by atoms with Crippen LogP contribution in [-0.2, 0) is 6.61 Å². The lowest BCUT2D eigenvalue weighted by atomic mass is 10.4. The third-order valence-electron chi connectivity index (χ3n) is 1.91. The summed E-state index contributed by atoms with van der Waals surface area (Å²) in [5, 5.41) is 2.91. The van der Waals surface area contributed by atoms with Crippen LogP contribution in [-0.4, -0.2) is 16.3 Å². The summed E-state index contributed by atoms with van der Waals surface area (Å²) in [7, 11) is 0. The monoisotopic (exact) mass is 234 g/mol. The van der Waals surface area contributed by atoms with Crippen LogP contribution in [0.2, 0.25) is 0 Å². The van der Waals surface area contributed by atoms with Crippen molar-refractivity contribution in [1.29, 1.82) is 0 Å². The van der Waals surface area contributed by atoms with E-state index in [4.69, 9.17) is 4.74 Å². The third kappa shape index (κ3) is 2.64. The first-order valence-electron chi connectivity index (χ1n) is 4.73. The maximum absolute atomic E-state index is 10.4. The topological polar surface area (TPSA) is 52.1 Å². The van der Waals surface area contributed by atoms with E-state index in [1.54, 1.807) is 23.5 Å². The largest absolute Gasteiger partial charge is 0.485 e. The van der Waals surface area contributed by atoms with Gasteiger partial charge in [0.1, 0.15) is 23.1 Å². The summed E-state index contributed by atoms with van der Waals surface area (Å²) < 4.78 is 5.47. The molecule has 0 aliphatic rings. The highest BCUT2D eigenvalue weighted by Crippen LogP contribution is 2.14. The maximum Gasteiger partial charge on any atom is 0.168 e. The van der Waals surface area contributed by atoms with E-state index < -0.39 is 0 Å². The molecule has 0 aliphatic carbocycles. The zero-order valence-electron chi connectivity index (χ0n) is 8.71. The van der Waals surface area contributed by atoms with Gasteiger partial charge in [0.25, 0.3) is 0 Å². The molecule has 0 aromatic carbocycles. The quantitative estimate of drug-likeness (QED) is 0.761. The molecule has 0 spiro atoms. The van der Waals surface area contributed by atoms with Crippen molar-refractivity contribution in [2.75, 3.05) is 0 Å². The van der Waals surface area contributed by atoms with Crippen molar-refractivity contribution in [3.8, 4) is 5.75 Å². The van der Waals surface area contributed by atoms with Crippen LogP contribution in [0.4, 0.5) is 0 Å². The lowest BCUT2D eigenvalue weighted by Crippen LogP contribution is -1.96. The molecular formula is C11H10N2O2S. The molecule has 0 bridgehead atoms. The van der Waals surface area contributed by atoms with Gasteiger partial charge in [-0.3, -0.25) is 4.79 Å². The molecule has 2 rings (SSSR count). The first-order chi connectivity index (χ1) is 7.78. The second kappa shape index (κ2) is 4.85. The van der Waals surface area contributed by atoms with Crippen molar-refractivity contribution < 1.29 is 9.53 Å². The normalized spacial score (nSPS) is 10.1. The van der Waals surface area contributed by atoms with Gasteiger partial charge in [-0.2, -0.15) is 0 Å². The summed E-state index contributed by atoms with van der Waals surface area (Å²) in [6.07, 6.45) is 2.23. The molecule has 2 heterocycles. The van der Waals surface area contributed by atoms with Crippen LogP contribution in [0, 0.1) is 6.92 Å². The van der Waals surface area contributed by atoms with Crippen molar-refractivity contribution in [3.63, 3.8) is 0 Å². The van der Waals surface area contributed by atoms with Gasteiger partial charge in [0.2, 0.25) is 0 Å². The van der Waals surface area contributed by atoms with Gasteiger partial charge < -0.3 is 4.74 Å². The number of aryl methyl sites for hydroxylation is 1. The van der Waals surface area contributed by atoms with E-state index in [1.807, 2.05) is 12.3 Å². The average Bonchev–Trinajstić information content (AvgIpc) is 2.73. The molecule has 2 aromatic rings. The number of thiazole rings is 1. The molecule has 16 heavy (non-hydrogen) atoms. The van der Waals surface area contributed by atoms with Crippen molar-refractivity contribution in [1.82, 2.24) is 9.97 Å². The summed E-state index contributed by atoms with van der Waals surface area (Å²) in [4.78, 5) is 18.6. The van der Waals surface area contributed by atoms with Crippen molar-refractivity contribution in [2.45, 2.75) is 13.5 Å². The summed E-state index contributed by atoms with van der Waals surface area (Å²) in [5.74, 6) is 0.637. The molecule has 0 amide bonds. The highest BCUT2D eigenvalue weighted by molar-refractivity contribution is 7.09. The van der Waals surface area contributed by atoms with Gasteiger partial charge in [0.15, 0.2) is 6.29 Å². The van der Waals surface area contributed by atoms with Gasteiger partial charge >= 0.3 is 0 Å². The van der Waals surface area contributed by atoms with Gasteiger partial charge in [0, 0.05) is 11.1 Å². The number of aldehydes is 1. The molecule has 0 radical (unpaired) electrons. The first kappa shape index (κ1) is 10.8. The Morgan fingerprint density at radius 3 is 2.94 bits per heavy atom. The van der Waals surface area contributed by atoms with E-state index in [1.165, 1.54) is 6.20 Å². The van der Waals surface area contributed by atoms with Gasteiger partial charge in [-0.15, -0.1) is 11.3 Å². The molecular weight excluding hydrogens is 224 g/mol. The minimum atomic E-state index is 0.400. The molecule has 0 unspecified atom stereocenters. The summed E-state index contributed by atoms with van der Waals surface area (Å²) in [6, 6.07) is 3.34. The number of carbonyl (C=O) groups excluding carboxylic acids is 1. The number of hydrogen-bond acceptors (Lipinski definition) is 5. The number of ether oxygens (including phenoxy) is 1. The third-order valence-corrected chi connectivity index (χ3v) is 2.85. The smallest absolute Gasteiger partial charge is 0.168 e. The van der Waals surface area contributed by atoms with E-state index in [0.717, 1.165) is 10.7 Å². The van der Waals surface area contributed by atoms with Crippen LogP contribution in [0.5, 0.6) is 5.75 Å². The van der Waals surface area contributed by atoms with Crippen LogP contribution in [0.1, 0.15) is 21.2 Å². The predicted molar refractivity (Wildman–Crippen MR) is 60.8 cm³/mol. The molecule has 0 saturated carbocycles. The van der Waals surface area contributed by atoms with Crippen LogP contribution >= 0.6 is 11.3 Å². The Hall–Kier alpha value is -1.75. The SMILES string of the molecule is Cc1csc(COc2ccc(C=O)nc2)n1. The van der Waals surface area contributed by atoms with E-state index in [0.29, 0.717) is 24.3 Å². The van der Waals surface area contributed by atoms with Crippen molar-refractivity contribution in [2.24, 2.45) is 0 Å². The first-order valence-corrected chi connectivity index (χ1v) is 5.61. The molecule has 0 N–H and O–H groups in total. The van der Waals surface area contributed by atoms with Gasteiger partial charge in [-0.05, 0) is 19.1 Å². The number of aromatic nitrogens is 2. The fourth-order valence-corrected chi connectivity index (χ4v) is 1.84.